The number of carboxylic acids is 1. The highest BCUT2D eigenvalue weighted by Gasteiger charge is 2.29. The number of hydrogen-bond donors (Lipinski definition) is 2. The molecule has 2 N–H and O–H groups in total. The van der Waals surface area contributed by atoms with Crippen molar-refractivity contribution in [3.05, 3.63) is 100 Å². The second-order valence-corrected chi connectivity index (χ2v) is 10.5. The van der Waals surface area contributed by atoms with Crippen molar-refractivity contribution in [1.82, 2.24) is 10.3 Å². The standard InChI is InChI=1S/C25H19Cl2N3O5S/c26-17-11-18(27)13-19(12-17)36(34,35)30(15-24(31)32)23-6-2-3-20-21(23)4-1-5-22(20)25(33)29-14-16-7-9-28-10-8-16/h1-13H,14-15H2,(H,29,33)(H,31,32). The minimum atomic E-state index is -4.39. The summed E-state index contributed by atoms with van der Waals surface area (Å²) in [6.45, 7) is -0.587. The maximum atomic E-state index is 13.6. The first-order chi connectivity index (χ1) is 17.2. The van der Waals surface area contributed by atoms with Crippen LogP contribution < -0.4 is 9.62 Å². The molecule has 0 spiro atoms. The van der Waals surface area contributed by atoms with Gasteiger partial charge in [0, 0.05) is 39.9 Å². The Bertz CT molecular complexity index is 1540. The van der Waals surface area contributed by atoms with Gasteiger partial charge >= 0.3 is 5.97 Å². The number of aliphatic carboxylic acids is 1. The number of carboxylic acid groups (broad SMARTS) is 1. The fraction of sp³-hybridized carbons (Fsp3) is 0.0800. The molecule has 11 heteroatoms. The van der Waals surface area contributed by atoms with Crippen LogP contribution in [0.15, 0.2) is 84.0 Å². The number of nitrogens with one attached hydrogen (secondary N) is 1. The number of hydrogen-bond acceptors (Lipinski definition) is 5. The van der Waals surface area contributed by atoms with E-state index in [2.05, 4.69) is 10.3 Å². The van der Waals surface area contributed by atoms with E-state index in [9.17, 15) is 23.1 Å². The van der Waals surface area contributed by atoms with Gasteiger partial charge in [-0.15, -0.1) is 0 Å². The summed E-state index contributed by atoms with van der Waals surface area (Å²) in [5.41, 5.74) is 1.26. The molecule has 4 rings (SSSR count). The lowest BCUT2D eigenvalue weighted by atomic mass is 10.0. The van der Waals surface area contributed by atoms with Crippen molar-refractivity contribution in [3.8, 4) is 0 Å². The monoisotopic (exact) mass is 543 g/mol. The van der Waals surface area contributed by atoms with Crippen molar-refractivity contribution >= 4 is 61.6 Å². The molecule has 3 aromatic carbocycles. The highest BCUT2D eigenvalue weighted by atomic mass is 35.5. The van der Waals surface area contributed by atoms with Crippen LogP contribution in [0, 0.1) is 0 Å². The topological polar surface area (TPSA) is 117 Å². The molecule has 1 aromatic heterocycles. The van der Waals surface area contributed by atoms with E-state index in [4.69, 9.17) is 23.2 Å². The van der Waals surface area contributed by atoms with Gasteiger partial charge in [0.25, 0.3) is 15.9 Å². The number of nitrogens with zero attached hydrogens (tertiary/aromatic N) is 2. The highest BCUT2D eigenvalue weighted by Crippen LogP contribution is 2.34. The first-order valence-electron chi connectivity index (χ1n) is 10.6. The van der Waals surface area contributed by atoms with Crippen molar-refractivity contribution in [2.75, 3.05) is 10.8 Å². The second kappa shape index (κ2) is 10.5. The first-order valence-corrected chi connectivity index (χ1v) is 12.8. The Labute approximate surface area is 217 Å². The predicted octanol–water partition coefficient (Wildman–Crippen LogP) is 4.75. The third kappa shape index (κ3) is 5.43. The SMILES string of the molecule is O=C(O)CN(c1cccc2c(C(=O)NCc3ccncc3)cccc12)S(=O)(=O)c1cc(Cl)cc(Cl)c1. The largest absolute Gasteiger partial charge is 0.480 e. The van der Waals surface area contributed by atoms with Gasteiger partial charge in [-0.25, -0.2) is 8.42 Å². The number of anilines is 1. The lowest BCUT2D eigenvalue weighted by molar-refractivity contribution is -0.135. The average molecular weight is 544 g/mol. The quantitative estimate of drug-likeness (QED) is 0.331. The number of benzene rings is 3. The van der Waals surface area contributed by atoms with Crippen LogP contribution in [0.3, 0.4) is 0 Å². The van der Waals surface area contributed by atoms with Crippen molar-refractivity contribution in [3.63, 3.8) is 0 Å². The van der Waals surface area contributed by atoms with E-state index >= 15 is 0 Å². The Kier molecular flexibility index (Phi) is 7.44. The van der Waals surface area contributed by atoms with E-state index in [1.54, 1.807) is 54.9 Å². The average Bonchev–Trinajstić information content (AvgIpc) is 2.85. The summed E-state index contributed by atoms with van der Waals surface area (Å²) < 4.78 is 27.9. The maximum Gasteiger partial charge on any atom is 0.324 e. The number of sulfonamides is 1. The molecule has 0 fully saturated rings. The molecule has 0 atom stereocenters. The molecule has 4 aromatic rings. The zero-order valence-corrected chi connectivity index (χ0v) is 20.9. The zero-order chi connectivity index (χ0) is 25.9. The Hall–Kier alpha value is -3.66. The third-order valence-corrected chi connectivity index (χ3v) is 7.49. The maximum absolute atomic E-state index is 13.6. The van der Waals surface area contributed by atoms with E-state index in [0.717, 1.165) is 9.87 Å². The molecule has 0 aliphatic rings. The summed E-state index contributed by atoms with van der Waals surface area (Å²) in [5, 5.41) is 13.4. The van der Waals surface area contributed by atoms with Gasteiger partial charge in [-0.05, 0) is 53.4 Å². The van der Waals surface area contributed by atoms with Crippen LogP contribution >= 0.6 is 23.2 Å². The van der Waals surface area contributed by atoms with Crippen LogP contribution in [0.5, 0.6) is 0 Å². The molecule has 0 radical (unpaired) electrons. The van der Waals surface area contributed by atoms with Crippen LogP contribution in [0.1, 0.15) is 15.9 Å². The Balaban J connectivity index is 1.79. The number of fused-ring (bicyclic) bond motifs is 1. The summed E-state index contributed by atoms with van der Waals surface area (Å²) >= 11 is 12.0. The minimum Gasteiger partial charge on any atom is -0.480 e. The summed E-state index contributed by atoms with van der Waals surface area (Å²) in [5.74, 6) is -1.74. The molecule has 0 aliphatic heterocycles. The van der Waals surface area contributed by atoms with Gasteiger partial charge in [-0.3, -0.25) is 18.9 Å². The van der Waals surface area contributed by atoms with Crippen molar-refractivity contribution in [2.45, 2.75) is 11.4 Å². The number of rotatable bonds is 8. The number of amides is 1. The van der Waals surface area contributed by atoms with E-state index < -0.39 is 22.5 Å². The van der Waals surface area contributed by atoms with Gasteiger partial charge in [-0.1, -0.05) is 47.5 Å². The normalized spacial score (nSPS) is 11.3. The molecule has 1 amide bonds. The summed E-state index contributed by atoms with van der Waals surface area (Å²) in [6.07, 6.45) is 3.24. The van der Waals surface area contributed by atoms with Crippen molar-refractivity contribution < 1.29 is 23.1 Å². The number of carbonyl (C=O) groups excluding carboxylic acids is 1. The molecule has 0 bridgehead atoms. The smallest absolute Gasteiger partial charge is 0.324 e. The molecule has 0 aliphatic carbocycles. The van der Waals surface area contributed by atoms with Crippen LogP contribution in [0.2, 0.25) is 10.0 Å². The Morgan fingerprint density at radius 3 is 2.22 bits per heavy atom. The molecule has 184 valence electrons. The predicted molar refractivity (Wildman–Crippen MR) is 138 cm³/mol. The van der Waals surface area contributed by atoms with Crippen molar-refractivity contribution in [1.29, 1.82) is 0 Å². The van der Waals surface area contributed by atoms with Crippen LogP contribution in [-0.2, 0) is 21.4 Å². The lowest BCUT2D eigenvalue weighted by Gasteiger charge is -2.25. The molecular weight excluding hydrogens is 525 g/mol. The zero-order valence-electron chi connectivity index (χ0n) is 18.6. The van der Waals surface area contributed by atoms with E-state index in [0.29, 0.717) is 16.3 Å². The Morgan fingerprint density at radius 1 is 0.917 bits per heavy atom. The molecule has 1 heterocycles. The van der Waals surface area contributed by atoms with Gasteiger partial charge in [0.2, 0.25) is 0 Å². The van der Waals surface area contributed by atoms with Gasteiger partial charge in [0.15, 0.2) is 0 Å². The molecule has 0 unspecified atom stereocenters. The minimum absolute atomic E-state index is 0.0856. The lowest BCUT2D eigenvalue weighted by Crippen LogP contribution is -2.36. The van der Waals surface area contributed by atoms with Crippen molar-refractivity contribution in [2.24, 2.45) is 0 Å². The van der Waals surface area contributed by atoms with Crippen LogP contribution in [0.25, 0.3) is 10.8 Å². The number of pyridine rings is 1. The van der Waals surface area contributed by atoms with Crippen LogP contribution in [0.4, 0.5) is 5.69 Å². The van der Waals surface area contributed by atoms with Gasteiger partial charge < -0.3 is 10.4 Å². The van der Waals surface area contributed by atoms with Gasteiger partial charge in [0.05, 0.1) is 10.6 Å². The second-order valence-electron chi connectivity index (χ2n) is 7.73. The molecule has 0 saturated carbocycles. The van der Waals surface area contributed by atoms with Gasteiger partial charge in [0.1, 0.15) is 6.54 Å². The van der Waals surface area contributed by atoms with Crippen LogP contribution in [-0.4, -0.2) is 36.9 Å². The fourth-order valence-corrected chi connectivity index (χ4v) is 5.87. The van der Waals surface area contributed by atoms with E-state index in [-0.39, 0.29) is 33.1 Å². The molecular formula is C25H19Cl2N3O5S. The summed E-state index contributed by atoms with van der Waals surface area (Å²) in [4.78, 5) is 28.4. The summed E-state index contributed by atoms with van der Waals surface area (Å²) in [6, 6.07) is 16.9. The number of carbonyl (C=O) groups is 2. The third-order valence-electron chi connectivity index (χ3n) is 5.32. The highest BCUT2D eigenvalue weighted by molar-refractivity contribution is 7.92. The van der Waals surface area contributed by atoms with E-state index in [1.807, 2.05) is 0 Å². The molecule has 0 saturated heterocycles. The van der Waals surface area contributed by atoms with E-state index in [1.165, 1.54) is 24.3 Å². The molecule has 36 heavy (non-hydrogen) atoms. The first kappa shape index (κ1) is 25.4. The number of aromatic nitrogens is 1. The number of halogens is 2. The Morgan fingerprint density at radius 2 is 1.56 bits per heavy atom. The summed E-state index contributed by atoms with van der Waals surface area (Å²) in [7, 11) is -4.39. The fourth-order valence-electron chi connectivity index (χ4n) is 3.71. The van der Waals surface area contributed by atoms with Gasteiger partial charge in [-0.2, -0.15) is 0 Å². The molecule has 8 nitrogen and oxygen atoms in total.